The second kappa shape index (κ2) is 6.60. The molecule has 0 aliphatic heterocycles. The third-order valence-electron chi connectivity index (χ3n) is 3.00. The van der Waals surface area contributed by atoms with E-state index in [9.17, 15) is 13.5 Å². The molecule has 0 fully saturated rings. The van der Waals surface area contributed by atoms with Crippen LogP contribution in [0.1, 0.15) is 19.4 Å². The number of hydrogen-bond acceptors (Lipinski definition) is 4. The molecular weight excluding hydrogens is 314 g/mol. The van der Waals surface area contributed by atoms with Crippen molar-refractivity contribution in [2.24, 2.45) is 0 Å². The summed E-state index contributed by atoms with van der Waals surface area (Å²) < 4.78 is 32.6. The first kappa shape index (κ1) is 17.3. The monoisotopic (exact) mass is 335 g/mol. The standard InChI is InChI=1S/C17H21NO4S/c1-13-5-4-6-16(11-13)23(20,21)18-14-7-9-15(10-8-14)22-12-17(2,3)19/h4-11,18-19H,12H2,1-3H3. The molecule has 0 aliphatic rings. The molecule has 23 heavy (non-hydrogen) atoms. The molecule has 0 aromatic heterocycles. The number of rotatable bonds is 6. The van der Waals surface area contributed by atoms with Crippen LogP contribution in [0.25, 0.3) is 0 Å². The smallest absolute Gasteiger partial charge is 0.261 e. The van der Waals surface area contributed by atoms with Gasteiger partial charge >= 0.3 is 0 Å². The molecule has 0 radical (unpaired) electrons. The number of anilines is 1. The van der Waals surface area contributed by atoms with Crippen molar-refractivity contribution in [2.45, 2.75) is 31.3 Å². The first-order valence-electron chi connectivity index (χ1n) is 7.20. The van der Waals surface area contributed by atoms with Crippen molar-refractivity contribution in [3.63, 3.8) is 0 Å². The van der Waals surface area contributed by atoms with E-state index in [-0.39, 0.29) is 11.5 Å². The fourth-order valence-electron chi connectivity index (χ4n) is 1.88. The summed E-state index contributed by atoms with van der Waals surface area (Å²) in [7, 11) is -3.62. The molecule has 2 aromatic rings. The van der Waals surface area contributed by atoms with Gasteiger partial charge in [0.25, 0.3) is 10.0 Å². The number of benzene rings is 2. The minimum absolute atomic E-state index is 0.154. The van der Waals surface area contributed by atoms with Gasteiger partial charge in [0.15, 0.2) is 0 Å². The van der Waals surface area contributed by atoms with Gasteiger partial charge in [-0.2, -0.15) is 0 Å². The van der Waals surface area contributed by atoms with Gasteiger partial charge in [0, 0.05) is 5.69 Å². The predicted octanol–water partition coefficient (Wildman–Crippen LogP) is 2.95. The van der Waals surface area contributed by atoms with Gasteiger partial charge in [0.05, 0.1) is 10.5 Å². The molecule has 0 aliphatic carbocycles. The Balaban J connectivity index is 2.08. The number of sulfonamides is 1. The quantitative estimate of drug-likeness (QED) is 0.851. The molecule has 2 N–H and O–H groups in total. The van der Waals surface area contributed by atoms with E-state index in [1.807, 2.05) is 13.0 Å². The average molecular weight is 335 g/mol. The van der Waals surface area contributed by atoms with Crippen molar-refractivity contribution >= 4 is 15.7 Å². The highest BCUT2D eigenvalue weighted by molar-refractivity contribution is 7.92. The lowest BCUT2D eigenvalue weighted by Gasteiger charge is -2.18. The fraction of sp³-hybridized carbons (Fsp3) is 0.294. The van der Waals surface area contributed by atoms with Crippen LogP contribution < -0.4 is 9.46 Å². The number of nitrogens with one attached hydrogen (secondary N) is 1. The molecule has 0 bridgehead atoms. The van der Waals surface area contributed by atoms with Gasteiger partial charge in [-0.25, -0.2) is 8.42 Å². The Labute approximate surface area is 137 Å². The SMILES string of the molecule is Cc1cccc(S(=O)(=O)Nc2ccc(OCC(C)(C)O)cc2)c1. The van der Waals surface area contributed by atoms with E-state index in [1.54, 1.807) is 56.3 Å². The van der Waals surface area contributed by atoms with Gasteiger partial charge in [-0.05, 0) is 62.7 Å². The van der Waals surface area contributed by atoms with Gasteiger partial charge in [0.2, 0.25) is 0 Å². The largest absolute Gasteiger partial charge is 0.491 e. The van der Waals surface area contributed by atoms with Crippen LogP contribution >= 0.6 is 0 Å². The van der Waals surface area contributed by atoms with Crippen molar-refractivity contribution < 1.29 is 18.3 Å². The van der Waals surface area contributed by atoms with E-state index in [2.05, 4.69) is 4.72 Å². The van der Waals surface area contributed by atoms with Gasteiger partial charge in [-0.3, -0.25) is 4.72 Å². The Hall–Kier alpha value is -2.05. The molecule has 0 atom stereocenters. The molecule has 0 unspecified atom stereocenters. The van der Waals surface area contributed by atoms with Crippen LogP contribution in [-0.2, 0) is 10.0 Å². The van der Waals surface area contributed by atoms with E-state index in [0.717, 1.165) is 5.56 Å². The lowest BCUT2D eigenvalue weighted by atomic mass is 10.2. The molecule has 0 saturated carbocycles. The summed E-state index contributed by atoms with van der Waals surface area (Å²) in [5, 5.41) is 9.62. The maximum atomic E-state index is 12.3. The van der Waals surface area contributed by atoms with E-state index in [4.69, 9.17) is 4.74 Å². The van der Waals surface area contributed by atoms with Crippen LogP contribution in [0.4, 0.5) is 5.69 Å². The van der Waals surface area contributed by atoms with Crippen LogP contribution in [0.15, 0.2) is 53.4 Å². The highest BCUT2D eigenvalue weighted by Gasteiger charge is 2.15. The lowest BCUT2D eigenvalue weighted by molar-refractivity contribution is 0.0285. The lowest BCUT2D eigenvalue weighted by Crippen LogP contribution is -2.27. The van der Waals surface area contributed by atoms with Gasteiger partial charge in [0.1, 0.15) is 12.4 Å². The highest BCUT2D eigenvalue weighted by atomic mass is 32.2. The molecule has 124 valence electrons. The Morgan fingerprint density at radius 3 is 2.35 bits per heavy atom. The normalized spacial score (nSPS) is 12.0. The fourth-order valence-corrected chi connectivity index (χ4v) is 3.04. The van der Waals surface area contributed by atoms with Crippen LogP contribution in [0.3, 0.4) is 0 Å². The average Bonchev–Trinajstić information content (AvgIpc) is 2.45. The third-order valence-corrected chi connectivity index (χ3v) is 4.38. The van der Waals surface area contributed by atoms with Crippen molar-refractivity contribution in [1.29, 1.82) is 0 Å². The first-order valence-corrected chi connectivity index (χ1v) is 8.69. The van der Waals surface area contributed by atoms with Gasteiger partial charge in [-0.15, -0.1) is 0 Å². The van der Waals surface area contributed by atoms with E-state index in [1.165, 1.54) is 0 Å². The summed E-state index contributed by atoms with van der Waals surface area (Å²) in [5.74, 6) is 0.561. The van der Waals surface area contributed by atoms with Crippen molar-refractivity contribution in [1.82, 2.24) is 0 Å². The number of ether oxygens (including phenoxy) is 1. The minimum Gasteiger partial charge on any atom is -0.491 e. The summed E-state index contributed by atoms with van der Waals surface area (Å²) >= 11 is 0. The summed E-state index contributed by atoms with van der Waals surface area (Å²) in [6, 6.07) is 13.3. The highest BCUT2D eigenvalue weighted by Crippen LogP contribution is 2.20. The number of aryl methyl sites for hydroxylation is 1. The zero-order valence-corrected chi connectivity index (χ0v) is 14.2. The molecule has 0 spiro atoms. The van der Waals surface area contributed by atoms with Gasteiger partial charge < -0.3 is 9.84 Å². The maximum absolute atomic E-state index is 12.3. The van der Waals surface area contributed by atoms with Gasteiger partial charge in [-0.1, -0.05) is 12.1 Å². The van der Waals surface area contributed by atoms with Crippen molar-refractivity contribution in [3.05, 3.63) is 54.1 Å². The van der Waals surface area contributed by atoms with Crippen molar-refractivity contribution in [2.75, 3.05) is 11.3 Å². The second-order valence-corrected chi connectivity index (χ2v) is 7.73. The number of aliphatic hydroxyl groups is 1. The molecule has 2 rings (SSSR count). The molecule has 5 nitrogen and oxygen atoms in total. The summed E-state index contributed by atoms with van der Waals surface area (Å²) in [6.45, 7) is 5.30. The van der Waals surface area contributed by atoms with Crippen LogP contribution in [0.2, 0.25) is 0 Å². The third kappa shape index (κ3) is 5.26. The van der Waals surface area contributed by atoms with Crippen molar-refractivity contribution in [3.8, 4) is 5.75 Å². The summed E-state index contributed by atoms with van der Waals surface area (Å²) in [4.78, 5) is 0.222. The summed E-state index contributed by atoms with van der Waals surface area (Å²) in [6.07, 6.45) is 0. The van der Waals surface area contributed by atoms with E-state index in [0.29, 0.717) is 11.4 Å². The van der Waals surface area contributed by atoms with E-state index < -0.39 is 15.6 Å². The predicted molar refractivity (Wildman–Crippen MR) is 90.2 cm³/mol. The van der Waals surface area contributed by atoms with Crippen LogP contribution in [-0.4, -0.2) is 25.7 Å². The molecular formula is C17H21NO4S. The molecule has 6 heteroatoms. The first-order chi connectivity index (χ1) is 10.7. The molecule has 2 aromatic carbocycles. The molecule has 0 saturated heterocycles. The summed E-state index contributed by atoms with van der Waals surface area (Å²) in [5.41, 5.74) is 0.399. The Morgan fingerprint density at radius 1 is 1.13 bits per heavy atom. The Morgan fingerprint density at radius 2 is 1.78 bits per heavy atom. The topological polar surface area (TPSA) is 75.6 Å². The number of hydrogen-bond donors (Lipinski definition) is 2. The minimum atomic E-state index is -3.62. The zero-order valence-electron chi connectivity index (χ0n) is 13.4. The second-order valence-electron chi connectivity index (χ2n) is 6.05. The van der Waals surface area contributed by atoms with E-state index >= 15 is 0 Å². The maximum Gasteiger partial charge on any atom is 0.261 e. The molecule has 0 heterocycles. The van der Waals surface area contributed by atoms with Crippen LogP contribution in [0, 0.1) is 6.92 Å². The Bertz CT molecular complexity index is 762. The molecule has 0 amide bonds. The Kier molecular flexibility index (Phi) is 4.97. The van der Waals surface area contributed by atoms with Crippen LogP contribution in [0.5, 0.6) is 5.75 Å². The zero-order chi connectivity index (χ0) is 17.1.